The number of anilines is 1. The highest BCUT2D eigenvalue weighted by Crippen LogP contribution is 2.20. The number of benzene rings is 1. The predicted octanol–water partition coefficient (Wildman–Crippen LogP) is 4.57. The maximum absolute atomic E-state index is 13.2. The Kier molecular flexibility index (Phi) is 8.09. The fourth-order valence-corrected chi connectivity index (χ4v) is 3.48. The molecule has 0 saturated heterocycles. The normalized spacial score (nSPS) is 11.1. The lowest BCUT2D eigenvalue weighted by molar-refractivity contribution is -0.133. The van der Waals surface area contributed by atoms with Crippen molar-refractivity contribution in [2.45, 2.75) is 54.1 Å². The zero-order valence-electron chi connectivity index (χ0n) is 19.4. The first kappa shape index (κ1) is 23.5. The van der Waals surface area contributed by atoms with E-state index in [0.29, 0.717) is 19.0 Å². The summed E-state index contributed by atoms with van der Waals surface area (Å²) in [6.45, 7) is 13.2. The number of para-hydroxylation sites is 1. The molecule has 0 spiro atoms. The van der Waals surface area contributed by atoms with Crippen molar-refractivity contribution in [2.24, 2.45) is 13.0 Å². The highest BCUT2D eigenvalue weighted by atomic mass is 16.2. The zero-order valence-corrected chi connectivity index (χ0v) is 19.4. The monoisotopic (exact) mass is 412 g/mol. The summed E-state index contributed by atoms with van der Waals surface area (Å²) in [7, 11) is 1.98. The van der Waals surface area contributed by atoms with Gasteiger partial charge in [-0.1, -0.05) is 32.0 Å². The van der Waals surface area contributed by atoms with Gasteiger partial charge < -0.3 is 19.7 Å². The number of urea groups is 1. The Morgan fingerprint density at radius 3 is 2.17 bits per heavy atom. The number of carbonyl (C=O) groups is 2. The summed E-state index contributed by atoms with van der Waals surface area (Å²) < 4.78 is 2.02. The van der Waals surface area contributed by atoms with E-state index in [0.717, 1.165) is 22.5 Å². The Morgan fingerprint density at radius 1 is 1.03 bits per heavy atom. The van der Waals surface area contributed by atoms with Gasteiger partial charge in [-0.2, -0.15) is 0 Å². The zero-order chi connectivity index (χ0) is 22.4. The van der Waals surface area contributed by atoms with E-state index in [1.807, 2.05) is 80.7 Å². The third kappa shape index (κ3) is 6.12. The third-order valence-electron chi connectivity index (χ3n) is 5.25. The molecule has 1 aromatic heterocycles. The van der Waals surface area contributed by atoms with Crippen LogP contribution in [0.25, 0.3) is 0 Å². The average molecular weight is 413 g/mol. The van der Waals surface area contributed by atoms with Crippen LogP contribution in [-0.2, 0) is 18.4 Å². The van der Waals surface area contributed by atoms with Gasteiger partial charge in [-0.15, -0.1) is 0 Å². The first-order valence-corrected chi connectivity index (χ1v) is 10.6. The summed E-state index contributed by atoms with van der Waals surface area (Å²) in [5, 5.41) is 3.01. The molecule has 0 aliphatic heterocycles. The molecule has 30 heavy (non-hydrogen) atoms. The van der Waals surface area contributed by atoms with Crippen molar-refractivity contribution >= 4 is 17.6 Å². The summed E-state index contributed by atoms with van der Waals surface area (Å²) in [4.78, 5) is 29.7. The van der Waals surface area contributed by atoms with Gasteiger partial charge in [-0.3, -0.25) is 4.79 Å². The van der Waals surface area contributed by atoms with Gasteiger partial charge in [0.15, 0.2) is 0 Å². The number of hydrogen-bond donors (Lipinski definition) is 1. The van der Waals surface area contributed by atoms with E-state index in [1.54, 1.807) is 4.90 Å². The number of nitrogens with one attached hydrogen (secondary N) is 1. The predicted molar refractivity (Wildman–Crippen MR) is 122 cm³/mol. The second-order valence-corrected chi connectivity index (χ2v) is 8.70. The number of nitrogens with zero attached hydrogens (tertiary/aromatic N) is 3. The van der Waals surface area contributed by atoms with E-state index in [1.165, 1.54) is 0 Å². The van der Waals surface area contributed by atoms with Crippen LogP contribution >= 0.6 is 0 Å². The summed E-state index contributed by atoms with van der Waals surface area (Å²) in [5.74, 6) is 0.292. The molecule has 6 nitrogen and oxygen atoms in total. The Morgan fingerprint density at radius 2 is 1.67 bits per heavy atom. The van der Waals surface area contributed by atoms with E-state index in [2.05, 4.69) is 19.2 Å². The van der Waals surface area contributed by atoms with Gasteiger partial charge in [0, 0.05) is 37.2 Å². The van der Waals surface area contributed by atoms with E-state index in [4.69, 9.17) is 0 Å². The van der Waals surface area contributed by atoms with Gasteiger partial charge >= 0.3 is 6.03 Å². The second-order valence-electron chi connectivity index (χ2n) is 8.70. The van der Waals surface area contributed by atoms with Gasteiger partial charge in [0.1, 0.15) is 6.54 Å². The van der Waals surface area contributed by atoms with Gasteiger partial charge in [0.05, 0.1) is 6.54 Å². The van der Waals surface area contributed by atoms with E-state index in [9.17, 15) is 9.59 Å². The Labute approximate surface area is 180 Å². The van der Waals surface area contributed by atoms with Crippen LogP contribution in [0.15, 0.2) is 36.5 Å². The molecule has 2 aromatic rings. The van der Waals surface area contributed by atoms with Gasteiger partial charge in [0.2, 0.25) is 5.91 Å². The van der Waals surface area contributed by atoms with Crippen molar-refractivity contribution in [3.63, 3.8) is 0 Å². The molecule has 3 amide bonds. The van der Waals surface area contributed by atoms with Crippen molar-refractivity contribution in [3.8, 4) is 0 Å². The Hall–Kier alpha value is -2.76. The standard InChI is InChI=1S/C24H36N4O2/c1-17(2)14-27(15-21-12-9-13-26(21)7)22(29)16-28(18(3)4)24(30)25-23-19(5)10-8-11-20(23)6/h8-13,17-18H,14-16H2,1-7H3,(H,25,30). The van der Waals surface area contributed by atoms with Crippen molar-refractivity contribution < 1.29 is 9.59 Å². The largest absolute Gasteiger partial charge is 0.353 e. The molecule has 2 rings (SSSR count). The van der Waals surface area contributed by atoms with E-state index >= 15 is 0 Å². The summed E-state index contributed by atoms with van der Waals surface area (Å²) >= 11 is 0. The van der Waals surface area contributed by atoms with Crippen molar-refractivity contribution in [1.82, 2.24) is 14.4 Å². The highest BCUT2D eigenvalue weighted by molar-refractivity contribution is 5.93. The first-order valence-electron chi connectivity index (χ1n) is 10.6. The quantitative estimate of drug-likeness (QED) is 0.690. The van der Waals surface area contributed by atoms with Crippen molar-refractivity contribution in [2.75, 3.05) is 18.4 Å². The SMILES string of the molecule is Cc1cccc(C)c1NC(=O)N(CC(=O)N(Cc1cccn1C)CC(C)C)C(C)C. The van der Waals surface area contributed by atoms with Crippen molar-refractivity contribution in [3.05, 3.63) is 53.3 Å². The molecular weight excluding hydrogens is 376 g/mol. The molecule has 0 aliphatic rings. The number of hydrogen-bond acceptors (Lipinski definition) is 2. The average Bonchev–Trinajstić information content (AvgIpc) is 3.06. The van der Waals surface area contributed by atoms with Crippen LogP contribution in [0.2, 0.25) is 0 Å². The minimum Gasteiger partial charge on any atom is -0.353 e. The van der Waals surface area contributed by atoms with Crippen LogP contribution in [0.3, 0.4) is 0 Å². The molecular formula is C24H36N4O2. The lowest BCUT2D eigenvalue weighted by Gasteiger charge is -2.31. The molecule has 1 aromatic carbocycles. The molecule has 0 saturated carbocycles. The number of aryl methyl sites for hydroxylation is 3. The molecule has 164 valence electrons. The number of aromatic nitrogens is 1. The molecule has 1 N–H and O–H groups in total. The molecule has 0 aliphatic carbocycles. The fourth-order valence-electron chi connectivity index (χ4n) is 3.48. The molecule has 0 bridgehead atoms. The topological polar surface area (TPSA) is 57.6 Å². The first-order chi connectivity index (χ1) is 14.1. The Balaban J connectivity index is 2.17. The third-order valence-corrected chi connectivity index (χ3v) is 5.25. The molecule has 0 radical (unpaired) electrons. The number of amides is 3. The van der Waals surface area contributed by atoms with Crippen LogP contribution in [-0.4, -0.2) is 45.4 Å². The van der Waals surface area contributed by atoms with E-state index < -0.39 is 0 Å². The summed E-state index contributed by atoms with van der Waals surface area (Å²) in [6, 6.07) is 9.56. The molecule has 1 heterocycles. The minimum absolute atomic E-state index is 0.0461. The smallest absolute Gasteiger partial charge is 0.322 e. The molecule has 0 unspecified atom stereocenters. The van der Waals surface area contributed by atoms with Crippen LogP contribution in [0, 0.1) is 19.8 Å². The fraction of sp³-hybridized carbons (Fsp3) is 0.500. The minimum atomic E-state index is -0.251. The van der Waals surface area contributed by atoms with Crippen LogP contribution in [0.4, 0.5) is 10.5 Å². The van der Waals surface area contributed by atoms with Gasteiger partial charge in [-0.05, 0) is 56.9 Å². The summed E-state index contributed by atoms with van der Waals surface area (Å²) in [6.07, 6.45) is 1.98. The maximum Gasteiger partial charge on any atom is 0.322 e. The van der Waals surface area contributed by atoms with E-state index in [-0.39, 0.29) is 24.5 Å². The number of rotatable bonds is 8. The van der Waals surface area contributed by atoms with Gasteiger partial charge in [-0.25, -0.2) is 4.79 Å². The molecule has 0 fully saturated rings. The van der Waals surface area contributed by atoms with Crippen LogP contribution in [0.5, 0.6) is 0 Å². The lowest BCUT2D eigenvalue weighted by atomic mass is 10.1. The van der Waals surface area contributed by atoms with Gasteiger partial charge in [0.25, 0.3) is 0 Å². The molecule has 6 heteroatoms. The highest BCUT2D eigenvalue weighted by Gasteiger charge is 2.25. The Bertz CT molecular complexity index is 850. The van der Waals surface area contributed by atoms with Crippen LogP contribution in [0.1, 0.15) is 44.5 Å². The lowest BCUT2D eigenvalue weighted by Crippen LogP contribution is -2.48. The number of carbonyl (C=O) groups excluding carboxylic acids is 2. The van der Waals surface area contributed by atoms with Crippen molar-refractivity contribution in [1.29, 1.82) is 0 Å². The van der Waals surface area contributed by atoms with Crippen LogP contribution < -0.4 is 5.32 Å². The maximum atomic E-state index is 13.2. The summed E-state index contributed by atoms with van der Waals surface area (Å²) in [5.41, 5.74) is 3.88. The second kappa shape index (κ2) is 10.3. The molecule has 0 atom stereocenters.